The van der Waals surface area contributed by atoms with Gasteiger partial charge >= 0.3 is 0 Å². The predicted molar refractivity (Wildman–Crippen MR) is 79.4 cm³/mol. The average molecular weight is 252 g/mol. The molecule has 0 heterocycles. The van der Waals surface area contributed by atoms with Crippen molar-refractivity contribution in [3.05, 3.63) is 13.3 Å². The molecule has 1 nitrogen and oxygen atoms in total. The number of unbranched alkanes of at least 4 members (excludes halogenated alkanes) is 8. The molecule has 0 aliphatic heterocycles. The van der Waals surface area contributed by atoms with E-state index in [0.717, 1.165) is 13.0 Å². The van der Waals surface area contributed by atoms with E-state index in [-0.39, 0.29) is 0 Å². The van der Waals surface area contributed by atoms with Crippen LogP contribution in [0.25, 0.3) is 0 Å². The van der Waals surface area contributed by atoms with Gasteiger partial charge in [0.25, 0.3) is 0 Å². The molecule has 0 spiro atoms. The van der Waals surface area contributed by atoms with E-state index in [1.165, 1.54) is 77.0 Å². The molecule has 2 radical (unpaired) electrons. The lowest BCUT2D eigenvalue weighted by Crippen LogP contribution is -2.17. The Morgan fingerprint density at radius 2 is 1.56 bits per heavy atom. The monoisotopic (exact) mass is 252 g/mol. The van der Waals surface area contributed by atoms with Gasteiger partial charge in [0, 0.05) is 6.61 Å². The van der Waals surface area contributed by atoms with Gasteiger partial charge in [-0.1, -0.05) is 71.1 Å². The number of rotatable bonds is 11. The van der Waals surface area contributed by atoms with Gasteiger partial charge < -0.3 is 4.74 Å². The minimum absolute atomic E-state index is 0.474. The van der Waals surface area contributed by atoms with Crippen molar-refractivity contribution in [2.24, 2.45) is 0 Å². The zero-order chi connectivity index (χ0) is 12.9. The van der Waals surface area contributed by atoms with Crippen LogP contribution in [0.2, 0.25) is 0 Å². The Morgan fingerprint density at radius 1 is 0.889 bits per heavy atom. The summed E-state index contributed by atoms with van der Waals surface area (Å²) in [4.78, 5) is 0. The van der Waals surface area contributed by atoms with Crippen LogP contribution >= 0.6 is 0 Å². The van der Waals surface area contributed by atoms with E-state index in [2.05, 4.69) is 13.3 Å². The summed E-state index contributed by atoms with van der Waals surface area (Å²) in [7, 11) is 0. The lowest BCUT2D eigenvalue weighted by atomic mass is 9.98. The molecule has 0 aromatic carbocycles. The Kier molecular flexibility index (Phi) is 10.7. The highest BCUT2D eigenvalue weighted by molar-refractivity contribution is 4.81. The standard InChI is InChI=1S/C17H32O/c1-2-3-4-5-6-7-8-9-13-16-18-17-14-11-10-12-15-17/h14,17H,1-13,15-16H2. The van der Waals surface area contributed by atoms with E-state index in [0.29, 0.717) is 6.10 Å². The Hall–Kier alpha value is -0.0400. The molecule has 1 unspecified atom stereocenters. The zero-order valence-corrected chi connectivity index (χ0v) is 12.2. The van der Waals surface area contributed by atoms with E-state index in [9.17, 15) is 0 Å². The highest BCUT2D eigenvalue weighted by Crippen LogP contribution is 2.19. The maximum absolute atomic E-state index is 5.88. The maximum Gasteiger partial charge on any atom is 0.0606 e. The summed E-state index contributed by atoms with van der Waals surface area (Å²) < 4.78 is 5.88. The lowest BCUT2D eigenvalue weighted by Gasteiger charge is -2.21. The first kappa shape index (κ1) is 16.0. The first-order valence-corrected chi connectivity index (χ1v) is 8.17. The molecule has 1 fully saturated rings. The first-order valence-electron chi connectivity index (χ1n) is 8.17. The minimum atomic E-state index is 0.474. The normalized spacial score (nSPS) is 17.2. The smallest absolute Gasteiger partial charge is 0.0606 e. The Labute approximate surface area is 115 Å². The average Bonchev–Trinajstić information content (AvgIpc) is 2.42. The molecule has 1 heteroatoms. The maximum atomic E-state index is 5.88. The second-order valence-corrected chi connectivity index (χ2v) is 5.61. The third kappa shape index (κ3) is 8.97. The lowest BCUT2D eigenvalue weighted by molar-refractivity contribution is 0.0549. The van der Waals surface area contributed by atoms with E-state index in [4.69, 9.17) is 4.74 Å². The van der Waals surface area contributed by atoms with Gasteiger partial charge in [-0.25, -0.2) is 0 Å². The molecule has 18 heavy (non-hydrogen) atoms. The second-order valence-electron chi connectivity index (χ2n) is 5.61. The summed E-state index contributed by atoms with van der Waals surface area (Å²) in [6, 6.07) is 0. The third-order valence-corrected chi connectivity index (χ3v) is 3.85. The molecule has 0 aromatic rings. The summed E-state index contributed by atoms with van der Waals surface area (Å²) in [5.41, 5.74) is 0. The third-order valence-electron chi connectivity index (χ3n) is 3.85. The Bertz CT molecular complexity index is 161. The molecule has 0 aromatic heterocycles. The van der Waals surface area contributed by atoms with Crippen LogP contribution in [0.4, 0.5) is 0 Å². The van der Waals surface area contributed by atoms with Gasteiger partial charge in [0.1, 0.15) is 0 Å². The minimum Gasteiger partial charge on any atom is -0.378 e. The predicted octanol–water partition coefficient (Wildman–Crippen LogP) is 5.49. The Balaban J connectivity index is 1.73. The fourth-order valence-corrected chi connectivity index (χ4v) is 2.64. The zero-order valence-electron chi connectivity index (χ0n) is 12.2. The number of ether oxygens (including phenoxy) is 1. The molecule has 0 bridgehead atoms. The number of hydrogen-bond acceptors (Lipinski definition) is 1. The van der Waals surface area contributed by atoms with Crippen molar-refractivity contribution in [1.82, 2.24) is 0 Å². The van der Waals surface area contributed by atoms with Crippen LogP contribution < -0.4 is 0 Å². The van der Waals surface area contributed by atoms with Crippen LogP contribution in [0.5, 0.6) is 0 Å². The van der Waals surface area contributed by atoms with Crippen LogP contribution in [-0.4, -0.2) is 12.7 Å². The van der Waals surface area contributed by atoms with Crippen LogP contribution in [0.1, 0.15) is 83.5 Å². The van der Waals surface area contributed by atoms with Crippen molar-refractivity contribution in [3.8, 4) is 0 Å². The van der Waals surface area contributed by atoms with Crippen molar-refractivity contribution in [3.63, 3.8) is 0 Å². The van der Waals surface area contributed by atoms with Crippen LogP contribution in [-0.2, 0) is 4.74 Å². The largest absolute Gasteiger partial charge is 0.378 e. The molecular formula is C17H32O. The quantitative estimate of drug-likeness (QED) is 0.441. The van der Waals surface area contributed by atoms with Gasteiger partial charge in [-0.3, -0.25) is 0 Å². The highest BCUT2D eigenvalue weighted by atomic mass is 16.5. The molecule has 1 aliphatic carbocycles. The molecule has 1 atom stereocenters. The van der Waals surface area contributed by atoms with Crippen molar-refractivity contribution >= 4 is 0 Å². The second kappa shape index (κ2) is 12.0. The van der Waals surface area contributed by atoms with Gasteiger partial charge in [0.15, 0.2) is 0 Å². The summed E-state index contributed by atoms with van der Waals surface area (Å²) in [6.45, 7) is 4.85. The van der Waals surface area contributed by atoms with Gasteiger partial charge in [0.05, 0.1) is 6.10 Å². The molecular weight excluding hydrogens is 220 g/mol. The molecule has 1 aliphatic rings. The summed E-state index contributed by atoms with van der Waals surface area (Å²) >= 11 is 0. The van der Waals surface area contributed by atoms with Gasteiger partial charge in [-0.2, -0.15) is 0 Å². The van der Waals surface area contributed by atoms with Gasteiger partial charge in [-0.05, 0) is 25.7 Å². The van der Waals surface area contributed by atoms with Crippen molar-refractivity contribution in [2.45, 2.75) is 89.6 Å². The fraction of sp³-hybridized carbons (Fsp3) is 0.882. The molecule has 0 amide bonds. The SMILES string of the molecule is [CH2]CCCCCCCCCCOC1[CH]CCCC1. The van der Waals surface area contributed by atoms with Crippen molar-refractivity contribution in [2.75, 3.05) is 6.61 Å². The van der Waals surface area contributed by atoms with Crippen molar-refractivity contribution in [1.29, 1.82) is 0 Å². The topological polar surface area (TPSA) is 9.23 Å². The molecule has 1 rings (SSSR count). The van der Waals surface area contributed by atoms with Crippen LogP contribution in [0.3, 0.4) is 0 Å². The molecule has 1 saturated carbocycles. The van der Waals surface area contributed by atoms with E-state index in [1.807, 2.05) is 0 Å². The van der Waals surface area contributed by atoms with E-state index < -0.39 is 0 Å². The van der Waals surface area contributed by atoms with Crippen molar-refractivity contribution < 1.29 is 4.74 Å². The molecule has 0 N–H and O–H groups in total. The van der Waals surface area contributed by atoms with E-state index >= 15 is 0 Å². The van der Waals surface area contributed by atoms with Crippen LogP contribution in [0, 0.1) is 13.3 Å². The first-order chi connectivity index (χ1) is 8.93. The highest BCUT2D eigenvalue weighted by Gasteiger charge is 2.13. The molecule has 0 saturated heterocycles. The summed E-state index contributed by atoms with van der Waals surface area (Å²) in [6.07, 6.45) is 20.1. The number of hydrogen-bond donors (Lipinski definition) is 0. The molecule has 106 valence electrons. The van der Waals surface area contributed by atoms with E-state index in [1.54, 1.807) is 0 Å². The summed E-state index contributed by atoms with van der Waals surface area (Å²) in [5, 5.41) is 0. The Morgan fingerprint density at radius 3 is 2.17 bits per heavy atom. The summed E-state index contributed by atoms with van der Waals surface area (Å²) in [5.74, 6) is 0. The van der Waals surface area contributed by atoms with Gasteiger partial charge in [-0.15, -0.1) is 0 Å². The fourth-order valence-electron chi connectivity index (χ4n) is 2.64. The van der Waals surface area contributed by atoms with Gasteiger partial charge in [0.2, 0.25) is 0 Å². The van der Waals surface area contributed by atoms with Crippen LogP contribution in [0.15, 0.2) is 0 Å².